The Morgan fingerprint density at radius 1 is 1.47 bits per heavy atom. The third kappa shape index (κ3) is 2.90. The summed E-state index contributed by atoms with van der Waals surface area (Å²) in [5, 5.41) is 0. The Morgan fingerprint density at radius 3 is 2.94 bits per heavy atom. The quantitative estimate of drug-likeness (QED) is 0.874. The van der Waals surface area contributed by atoms with Crippen LogP contribution in [-0.4, -0.2) is 17.5 Å². The van der Waals surface area contributed by atoms with E-state index in [1.165, 1.54) is 32.2 Å². The second-order valence-corrected chi connectivity index (χ2v) is 5.03. The predicted octanol–water partition coefficient (Wildman–Crippen LogP) is 2.81. The number of nitrogens with zero attached hydrogens (tertiary/aromatic N) is 1. The third-order valence-corrected chi connectivity index (χ3v) is 3.87. The maximum absolute atomic E-state index is 5.78. The van der Waals surface area contributed by atoms with Crippen molar-refractivity contribution in [1.82, 2.24) is 4.90 Å². The van der Waals surface area contributed by atoms with Gasteiger partial charge in [-0.15, -0.1) is 0 Å². The highest BCUT2D eigenvalue weighted by Gasteiger charge is 2.22. The Kier molecular flexibility index (Phi) is 4.24. The lowest BCUT2D eigenvalue weighted by Gasteiger charge is -2.34. The van der Waals surface area contributed by atoms with Crippen LogP contribution < -0.4 is 5.73 Å². The molecule has 1 aliphatic rings. The highest BCUT2D eigenvalue weighted by atomic mass is 16.3. The van der Waals surface area contributed by atoms with Crippen LogP contribution in [0.5, 0.6) is 0 Å². The summed E-state index contributed by atoms with van der Waals surface area (Å²) in [6, 6.07) is 2.85. The van der Waals surface area contributed by atoms with Crippen molar-refractivity contribution in [3.63, 3.8) is 0 Å². The van der Waals surface area contributed by atoms with Gasteiger partial charge in [0.2, 0.25) is 0 Å². The molecular weight excluding hydrogens is 212 g/mol. The van der Waals surface area contributed by atoms with E-state index in [0.29, 0.717) is 6.54 Å². The van der Waals surface area contributed by atoms with Crippen molar-refractivity contribution in [2.75, 3.05) is 6.54 Å². The normalized spacial score (nSPS) is 21.9. The lowest BCUT2D eigenvalue weighted by Crippen LogP contribution is -2.38. The number of piperidine rings is 1. The van der Waals surface area contributed by atoms with E-state index in [4.69, 9.17) is 10.2 Å². The number of likely N-dealkylation sites (tertiary alicyclic amines) is 1. The van der Waals surface area contributed by atoms with E-state index < -0.39 is 0 Å². The average Bonchev–Trinajstić information content (AvgIpc) is 2.70. The van der Waals surface area contributed by atoms with Crippen LogP contribution in [0.4, 0.5) is 0 Å². The number of furan rings is 1. The molecule has 96 valence electrons. The molecule has 0 spiro atoms. The van der Waals surface area contributed by atoms with Gasteiger partial charge in [0.1, 0.15) is 11.5 Å². The van der Waals surface area contributed by atoms with Crippen molar-refractivity contribution in [3.8, 4) is 0 Å². The first-order valence-corrected chi connectivity index (χ1v) is 6.77. The zero-order valence-electron chi connectivity index (χ0n) is 11.0. The minimum Gasteiger partial charge on any atom is -0.465 e. The fourth-order valence-corrected chi connectivity index (χ4v) is 2.80. The van der Waals surface area contributed by atoms with Gasteiger partial charge in [0.15, 0.2) is 0 Å². The summed E-state index contributed by atoms with van der Waals surface area (Å²) in [4.78, 5) is 2.56. The summed E-state index contributed by atoms with van der Waals surface area (Å²) in [6.07, 6.45) is 5.27. The van der Waals surface area contributed by atoms with Gasteiger partial charge in [0.05, 0.1) is 6.54 Å². The Labute approximate surface area is 104 Å². The van der Waals surface area contributed by atoms with Crippen molar-refractivity contribution in [3.05, 3.63) is 23.2 Å². The molecule has 2 N–H and O–H groups in total. The van der Waals surface area contributed by atoms with Gasteiger partial charge >= 0.3 is 0 Å². The molecule has 0 saturated carbocycles. The van der Waals surface area contributed by atoms with Gasteiger partial charge in [-0.3, -0.25) is 4.90 Å². The van der Waals surface area contributed by atoms with Crippen LogP contribution in [0.2, 0.25) is 0 Å². The van der Waals surface area contributed by atoms with Crippen LogP contribution in [-0.2, 0) is 13.1 Å². The van der Waals surface area contributed by atoms with Gasteiger partial charge in [-0.05, 0) is 38.8 Å². The third-order valence-electron chi connectivity index (χ3n) is 3.87. The molecule has 1 aromatic heterocycles. The first kappa shape index (κ1) is 12.7. The van der Waals surface area contributed by atoms with Crippen LogP contribution in [0.25, 0.3) is 0 Å². The number of hydrogen-bond acceptors (Lipinski definition) is 3. The molecule has 2 rings (SSSR count). The lowest BCUT2D eigenvalue weighted by molar-refractivity contribution is 0.126. The minimum atomic E-state index is 0.576. The van der Waals surface area contributed by atoms with Gasteiger partial charge < -0.3 is 10.2 Å². The maximum atomic E-state index is 5.78. The molecule has 2 heterocycles. The van der Waals surface area contributed by atoms with E-state index in [1.54, 1.807) is 0 Å². The molecule has 1 aliphatic heterocycles. The maximum Gasteiger partial charge on any atom is 0.118 e. The number of nitrogens with two attached hydrogens (primary N) is 1. The fourth-order valence-electron chi connectivity index (χ4n) is 2.80. The van der Waals surface area contributed by atoms with Crippen LogP contribution in [0.15, 0.2) is 10.5 Å². The molecule has 0 bridgehead atoms. The smallest absolute Gasteiger partial charge is 0.118 e. The van der Waals surface area contributed by atoms with Crippen LogP contribution in [0, 0.1) is 6.92 Å². The van der Waals surface area contributed by atoms with Crippen LogP contribution >= 0.6 is 0 Å². The predicted molar refractivity (Wildman–Crippen MR) is 69.7 cm³/mol. The fraction of sp³-hybridized carbons (Fsp3) is 0.714. The molecule has 1 atom stereocenters. The van der Waals surface area contributed by atoms with E-state index in [-0.39, 0.29) is 0 Å². The first-order valence-electron chi connectivity index (χ1n) is 6.77. The van der Waals surface area contributed by atoms with Gasteiger partial charge in [-0.1, -0.05) is 13.3 Å². The van der Waals surface area contributed by atoms with Crippen LogP contribution in [0.3, 0.4) is 0 Å². The van der Waals surface area contributed by atoms with Crippen molar-refractivity contribution in [1.29, 1.82) is 0 Å². The topological polar surface area (TPSA) is 42.4 Å². The molecule has 0 radical (unpaired) electrons. The Morgan fingerprint density at radius 2 is 2.29 bits per heavy atom. The summed E-state index contributed by atoms with van der Waals surface area (Å²) >= 11 is 0. The highest BCUT2D eigenvalue weighted by Crippen LogP contribution is 2.23. The summed E-state index contributed by atoms with van der Waals surface area (Å²) in [7, 11) is 0. The van der Waals surface area contributed by atoms with Crippen molar-refractivity contribution in [2.45, 2.75) is 58.7 Å². The average molecular weight is 236 g/mol. The van der Waals surface area contributed by atoms with Crippen LogP contribution in [0.1, 0.15) is 49.7 Å². The van der Waals surface area contributed by atoms with Gasteiger partial charge in [-0.25, -0.2) is 0 Å². The SMILES string of the molecule is CCC1CCCCN1Cc1cc(CN)c(C)o1. The standard InChI is InChI=1S/C14H24N2O/c1-3-13-6-4-5-7-16(13)10-14-8-12(9-15)11(2)17-14/h8,13H,3-7,9-10,15H2,1-2H3. The molecule has 3 nitrogen and oxygen atoms in total. The lowest BCUT2D eigenvalue weighted by atomic mass is 10.00. The number of aryl methyl sites for hydroxylation is 1. The zero-order valence-corrected chi connectivity index (χ0v) is 11.0. The number of rotatable bonds is 4. The molecule has 0 aliphatic carbocycles. The molecule has 1 saturated heterocycles. The Balaban J connectivity index is 2.03. The van der Waals surface area contributed by atoms with E-state index in [0.717, 1.165) is 29.7 Å². The highest BCUT2D eigenvalue weighted by molar-refractivity contribution is 5.20. The minimum absolute atomic E-state index is 0.576. The molecule has 0 amide bonds. The molecule has 0 aromatic carbocycles. The van der Waals surface area contributed by atoms with Gasteiger partial charge in [0.25, 0.3) is 0 Å². The Bertz CT molecular complexity index is 359. The molecule has 1 unspecified atom stereocenters. The molecule has 3 heteroatoms. The Hall–Kier alpha value is -0.800. The van der Waals surface area contributed by atoms with E-state index in [9.17, 15) is 0 Å². The van der Waals surface area contributed by atoms with Crippen molar-refractivity contribution >= 4 is 0 Å². The zero-order chi connectivity index (χ0) is 12.3. The van der Waals surface area contributed by atoms with E-state index in [1.807, 2.05) is 6.92 Å². The first-order chi connectivity index (χ1) is 8.24. The molecular formula is C14H24N2O. The summed E-state index contributed by atoms with van der Waals surface area (Å²) in [5.74, 6) is 2.05. The summed E-state index contributed by atoms with van der Waals surface area (Å²) < 4.78 is 5.78. The summed E-state index contributed by atoms with van der Waals surface area (Å²) in [5.41, 5.74) is 6.82. The molecule has 1 fully saturated rings. The second kappa shape index (κ2) is 5.69. The van der Waals surface area contributed by atoms with E-state index in [2.05, 4.69) is 17.9 Å². The van der Waals surface area contributed by atoms with Gasteiger partial charge in [-0.2, -0.15) is 0 Å². The largest absolute Gasteiger partial charge is 0.465 e. The second-order valence-electron chi connectivity index (χ2n) is 5.03. The van der Waals surface area contributed by atoms with Gasteiger partial charge in [0, 0.05) is 18.2 Å². The number of hydrogen-bond donors (Lipinski definition) is 1. The molecule has 1 aromatic rings. The van der Waals surface area contributed by atoms with Crippen molar-refractivity contribution < 1.29 is 4.42 Å². The monoisotopic (exact) mass is 236 g/mol. The van der Waals surface area contributed by atoms with Crippen molar-refractivity contribution in [2.24, 2.45) is 5.73 Å². The molecule has 17 heavy (non-hydrogen) atoms. The summed E-state index contributed by atoms with van der Waals surface area (Å²) in [6.45, 7) is 7.00. The van der Waals surface area contributed by atoms with E-state index >= 15 is 0 Å².